The maximum atomic E-state index is 14.2. The molecule has 0 bridgehead atoms. The topological polar surface area (TPSA) is 74.3 Å². The minimum Gasteiger partial charge on any atom is -0.464 e. The van der Waals surface area contributed by atoms with E-state index in [1.807, 2.05) is 6.20 Å². The number of aromatic nitrogens is 5. The first-order valence-corrected chi connectivity index (χ1v) is 7.29. The van der Waals surface area contributed by atoms with E-state index in [1.165, 1.54) is 18.0 Å². The molecule has 1 aliphatic carbocycles. The van der Waals surface area contributed by atoms with Crippen LogP contribution in [0.5, 0.6) is 0 Å². The molecule has 1 saturated carbocycles. The zero-order valence-corrected chi connectivity index (χ0v) is 12.4. The van der Waals surface area contributed by atoms with E-state index in [0.29, 0.717) is 18.2 Å². The quantitative estimate of drug-likeness (QED) is 0.686. The van der Waals surface area contributed by atoms with Crippen molar-refractivity contribution in [2.75, 3.05) is 7.11 Å². The Morgan fingerprint density at radius 2 is 2.22 bits per heavy atom. The van der Waals surface area contributed by atoms with Crippen molar-refractivity contribution in [1.82, 2.24) is 24.4 Å². The van der Waals surface area contributed by atoms with E-state index in [1.54, 1.807) is 16.7 Å². The van der Waals surface area contributed by atoms with Gasteiger partial charge in [-0.25, -0.2) is 18.9 Å². The number of imidazole rings is 1. The minimum atomic E-state index is -0.550. The molecule has 0 radical (unpaired) electrons. The van der Waals surface area contributed by atoms with Crippen molar-refractivity contribution in [1.29, 1.82) is 0 Å². The van der Waals surface area contributed by atoms with Gasteiger partial charge in [0.15, 0.2) is 17.2 Å². The van der Waals surface area contributed by atoms with Gasteiger partial charge in [-0.1, -0.05) is 5.21 Å². The predicted octanol–water partition coefficient (Wildman–Crippen LogP) is 1.78. The van der Waals surface area contributed by atoms with Gasteiger partial charge in [-0.05, 0) is 30.4 Å². The maximum absolute atomic E-state index is 14.2. The van der Waals surface area contributed by atoms with Gasteiger partial charge in [0.1, 0.15) is 0 Å². The third-order valence-electron chi connectivity index (χ3n) is 3.88. The Kier molecular flexibility index (Phi) is 3.10. The summed E-state index contributed by atoms with van der Waals surface area (Å²) in [6, 6.07) is 1.56. The number of halogens is 1. The Labute approximate surface area is 130 Å². The molecular weight excluding hydrogens is 301 g/mol. The Morgan fingerprint density at radius 1 is 1.39 bits per heavy atom. The van der Waals surface area contributed by atoms with Crippen molar-refractivity contribution in [2.24, 2.45) is 0 Å². The first-order chi connectivity index (χ1) is 11.1. The lowest BCUT2D eigenvalue weighted by Crippen LogP contribution is -2.02. The summed E-state index contributed by atoms with van der Waals surface area (Å²) in [6.07, 6.45) is 7.39. The standard InChI is InChI=1S/C15H14FN5O2/c1-23-15(22)13-8-21(19-18-13)7-11-6-20-5-10(9-2-3-9)4-12(16)14(20)17-11/h4-6,8-9H,2-3,7H2,1H3. The summed E-state index contributed by atoms with van der Waals surface area (Å²) < 4.78 is 21.9. The summed E-state index contributed by atoms with van der Waals surface area (Å²) in [4.78, 5) is 15.7. The summed E-state index contributed by atoms with van der Waals surface area (Å²) in [7, 11) is 1.28. The number of rotatable bonds is 4. The Morgan fingerprint density at radius 3 is 2.96 bits per heavy atom. The largest absolute Gasteiger partial charge is 0.464 e. The van der Waals surface area contributed by atoms with Gasteiger partial charge < -0.3 is 9.14 Å². The Hall–Kier alpha value is -2.77. The number of hydrogen-bond donors (Lipinski definition) is 0. The third-order valence-corrected chi connectivity index (χ3v) is 3.88. The highest BCUT2D eigenvalue weighted by atomic mass is 19.1. The molecule has 0 unspecified atom stereocenters. The van der Waals surface area contributed by atoms with E-state index in [2.05, 4.69) is 20.0 Å². The molecule has 3 aromatic heterocycles. The van der Waals surface area contributed by atoms with Crippen molar-refractivity contribution in [3.63, 3.8) is 0 Å². The molecule has 3 aromatic rings. The van der Waals surface area contributed by atoms with Gasteiger partial charge in [0.05, 0.1) is 25.5 Å². The minimum absolute atomic E-state index is 0.124. The molecule has 118 valence electrons. The molecule has 23 heavy (non-hydrogen) atoms. The van der Waals surface area contributed by atoms with E-state index >= 15 is 0 Å². The molecule has 1 fully saturated rings. The smallest absolute Gasteiger partial charge is 0.360 e. The highest BCUT2D eigenvalue weighted by Gasteiger charge is 2.25. The van der Waals surface area contributed by atoms with Crippen LogP contribution in [0.1, 0.15) is 40.5 Å². The third kappa shape index (κ3) is 2.56. The van der Waals surface area contributed by atoms with Crippen LogP contribution < -0.4 is 0 Å². The number of esters is 1. The van der Waals surface area contributed by atoms with Crippen LogP contribution in [0, 0.1) is 5.82 Å². The van der Waals surface area contributed by atoms with Crippen molar-refractivity contribution in [3.05, 3.63) is 47.4 Å². The summed E-state index contributed by atoms with van der Waals surface area (Å²) in [6.45, 7) is 0.296. The Balaban J connectivity index is 1.62. The molecular formula is C15H14FN5O2. The lowest BCUT2D eigenvalue weighted by molar-refractivity contribution is 0.0594. The number of methoxy groups -OCH3 is 1. The van der Waals surface area contributed by atoms with Crippen LogP contribution in [0.4, 0.5) is 4.39 Å². The number of carbonyl (C=O) groups excluding carboxylic acids is 1. The fourth-order valence-corrected chi connectivity index (χ4v) is 2.58. The van der Waals surface area contributed by atoms with Crippen molar-refractivity contribution in [2.45, 2.75) is 25.3 Å². The lowest BCUT2D eigenvalue weighted by Gasteiger charge is -2.00. The van der Waals surface area contributed by atoms with E-state index in [9.17, 15) is 9.18 Å². The molecule has 8 heteroatoms. The molecule has 4 rings (SSSR count). The molecule has 0 aliphatic heterocycles. The molecule has 0 N–H and O–H groups in total. The van der Waals surface area contributed by atoms with E-state index in [-0.39, 0.29) is 17.2 Å². The van der Waals surface area contributed by atoms with Gasteiger partial charge in [0.25, 0.3) is 0 Å². The maximum Gasteiger partial charge on any atom is 0.360 e. The summed E-state index contributed by atoms with van der Waals surface area (Å²) in [5, 5.41) is 7.58. The van der Waals surface area contributed by atoms with Crippen LogP contribution >= 0.6 is 0 Å². The van der Waals surface area contributed by atoms with Crippen LogP contribution in [-0.2, 0) is 11.3 Å². The zero-order valence-electron chi connectivity index (χ0n) is 12.4. The average Bonchev–Trinajstić information content (AvgIpc) is 3.16. The first kappa shape index (κ1) is 13.9. The van der Waals surface area contributed by atoms with Crippen molar-refractivity contribution >= 4 is 11.6 Å². The van der Waals surface area contributed by atoms with Gasteiger partial charge in [0.2, 0.25) is 0 Å². The van der Waals surface area contributed by atoms with Gasteiger partial charge in [0, 0.05) is 12.4 Å². The number of carbonyl (C=O) groups is 1. The van der Waals surface area contributed by atoms with Crippen LogP contribution in [0.2, 0.25) is 0 Å². The molecule has 7 nitrogen and oxygen atoms in total. The van der Waals surface area contributed by atoms with E-state index in [4.69, 9.17) is 0 Å². The number of hydrogen-bond acceptors (Lipinski definition) is 5. The summed E-state index contributed by atoms with van der Waals surface area (Å²) >= 11 is 0. The van der Waals surface area contributed by atoms with Gasteiger partial charge >= 0.3 is 5.97 Å². The molecule has 0 aromatic carbocycles. The van der Waals surface area contributed by atoms with Gasteiger partial charge in [-0.2, -0.15) is 0 Å². The lowest BCUT2D eigenvalue weighted by atomic mass is 10.2. The SMILES string of the molecule is COC(=O)c1cn(Cc2cn3cc(C4CC4)cc(F)c3n2)nn1. The van der Waals surface area contributed by atoms with Crippen molar-refractivity contribution in [3.8, 4) is 0 Å². The fourth-order valence-electron chi connectivity index (χ4n) is 2.58. The predicted molar refractivity (Wildman–Crippen MR) is 77.6 cm³/mol. The molecule has 0 atom stereocenters. The number of pyridine rings is 1. The van der Waals surface area contributed by atoms with Crippen LogP contribution in [0.3, 0.4) is 0 Å². The molecule has 0 saturated heterocycles. The second kappa shape index (κ2) is 5.15. The monoisotopic (exact) mass is 315 g/mol. The Bertz CT molecular complexity index is 897. The van der Waals surface area contributed by atoms with Crippen molar-refractivity contribution < 1.29 is 13.9 Å². The first-order valence-electron chi connectivity index (χ1n) is 7.29. The van der Waals surface area contributed by atoms with E-state index < -0.39 is 5.97 Å². The molecule has 1 aliphatic rings. The van der Waals surface area contributed by atoms with Gasteiger partial charge in [-0.15, -0.1) is 5.10 Å². The molecule has 3 heterocycles. The number of nitrogens with zero attached hydrogens (tertiary/aromatic N) is 5. The highest BCUT2D eigenvalue weighted by Crippen LogP contribution is 2.40. The second-order valence-corrected chi connectivity index (χ2v) is 5.65. The van der Waals surface area contributed by atoms with Crippen LogP contribution in [-0.4, -0.2) is 37.5 Å². The average molecular weight is 315 g/mol. The highest BCUT2D eigenvalue weighted by molar-refractivity contribution is 5.86. The van der Waals surface area contributed by atoms with Gasteiger partial charge in [-0.3, -0.25) is 0 Å². The normalized spacial score (nSPS) is 14.3. The van der Waals surface area contributed by atoms with Crippen LogP contribution in [0.25, 0.3) is 5.65 Å². The second-order valence-electron chi connectivity index (χ2n) is 5.65. The molecule has 0 amide bonds. The van der Waals surface area contributed by atoms with Crippen LogP contribution in [0.15, 0.2) is 24.7 Å². The fraction of sp³-hybridized carbons (Fsp3) is 0.333. The summed E-state index contributed by atoms with van der Waals surface area (Å²) in [5.74, 6) is -0.404. The number of ether oxygens (including phenoxy) is 1. The zero-order chi connectivity index (χ0) is 16.0. The number of fused-ring (bicyclic) bond motifs is 1. The van der Waals surface area contributed by atoms with E-state index in [0.717, 1.165) is 18.4 Å². The molecule has 0 spiro atoms. The summed E-state index contributed by atoms with van der Waals surface area (Å²) in [5.41, 5.74) is 2.06.